The number of hydrogen-bond acceptors (Lipinski definition) is 9. The first-order valence-corrected chi connectivity index (χ1v) is 12.6. The van der Waals surface area contributed by atoms with Crippen molar-refractivity contribution in [1.82, 2.24) is 4.98 Å². The number of anilines is 2. The Hall–Kier alpha value is -2.24. The van der Waals surface area contributed by atoms with E-state index in [1.807, 2.05) is 6.92 Å². The highest BCUT2D eigenvalue weighted by atomic mass is 32.2. The molecule has 7 nitrogen and oxygen atoms in total. The number of nitrogens with two attached hydrogens (primary N) is 2. The summed E-state index contributed by atoms with van der Waals surface area (Å²) in [5, 5.41) is 9.00. The Morgan fingerprint density at radius 1 is 1.27 bits per heavy atom. The van der Waals surface area contributed by atoms with Crippen molar-refractivity contribution in [3.05, 3.63) is 40.3 Å². The number of halogens is 2. The predicted molar refractivity (Wildman–Crippen MR) is 129 cm³/mol. The standard InChI is InChI=1S/C16H17F2N3OS.C6H13NO2S/c17-10-7-4-8-11(18)12(10)13(22)14-15(19)21-16(23-14)20-9-5-2-1-3-6-9;1-5(4-10-7)3-9-6(2)8/h4,7-9H,1-3,5-6,19H2,(H,20,21);5H,3-4,7H2,1-2H3. The number of carbonyl (C=O) groups excluding carboxylic acids is 2. The van der Waals surface area contributed by atoms with Crippen LogP contribution in [-0.4, -0.2) is 35.1 Å². The molecule has 0 amide bonds. The summed E-state index contributed by atoms with van der Waals surface area (Å²) in [6, 6.07) is 3.62. The smallest absolute Gasteiger partial charge is 0.302 e. The Balaban J connectivity index is 0.000000328. The van der Waals surface area contributed by atoms with Gasteiger partial charge in [-0.05, 0) is 25.0 Å². The van der Waals surface area contributed by atoms with Gasteiger partial charge in [-0.3, -0.25) is 14.7 Å². The number of esters is 1. The molecule has 33 heavy (non-hydrogen) atoms. The first-order valence-electron chi connectivity index (χ1n) is 10.7. The molecule has 1 atom stereocenters. The van der Waals surface area contributed by atoms with Crippen LogP contribution < -0.4 is 16.2 Å². The quantitative estimate of drug-likeness (QED) is 0.269. The second-order valence-electron chi connectivity index (χ2n) is 7.88. The van der Waals surface area contributed by atoms with Crippen molar-refractivity contribution in [2.75, 3.05) is 23.4 Å². The fraction of sp³-hybridized carbons (Fsp3) is 0.500. The molecule has 2 aromatic rings. The van der Waals surface area contributed by atoms with Crippen LogP contribution in [0.25, 0.3) is 0 Å². The van der Waals surface area contributed by atoms with Crippen molar-refractivity contribution in [3.8, 4) is 0 Å². The van der Waals surface area contributed by atoms with Gasteiger partial charge in [0.15, 0.2) is 5.13 Å². The third kappa shape index (κ3) is 8.56. The molecule has 3 rings (SSSR count). The summed E-state index contributed by atoms with van der Waals surface area (Å²) in [4.78, 5) is 26.9. The zero-order valence-electron chi connectivity index (χ0n) is 18.7. The first kappa shape index (κ1) is 27.0. The van der Waals surface area contributed by atoms with E-state index in [1.54, 1.807) is 0 Å². The highest BCUT2D eigenvalue weighted by molar-refractivity contribution is 7.97. The Bertz CT molecular complexity index is 916. The number of carbonyl (C=O) groups is 2. The van der Waals surface area contributed by atoms with Gasteiger partial charge in [-0.1, -0.05) is 55.5 Å². The van der Waals surface area contributed by atoms with Crippen molar-refractivity contribution in [2.24, 2.45) is 11.1 Å². The lowest BCUT2D eigenvalue weighted by Gasteiger charge is -2.22. The van der Waals surface area contributed by atoms with Crippen molar-refractivity contribution in [1.29, 1.82) is 0 Å². The van der Waals surface area contributed by atoms with Crippen LogP contribution in [0, 0.1) is 17.6 Å². The molecule has 0 saturated heterocycles. The normalized spacial score (nSPS) is 14.7. The molecule has 1 fully saturated rings. The summed E-state index contributed by atoms with van der Waals surface area (Å²) < 4.78 is 32.3. The molecule has 182 valence electrons. The maximum atomic E-state index is 13.8. The molecule has 1 aliphatic carbocycles. The molecule has 0 aliphatic heterocycles. The molecular weight excluding hydrogens is 470 g/mol. The van der Waals surface area contributed by atoms with Crippen LogP contribution in [-0.2, 0) is 9.53 Å². The summed E-state index contributed by atoms with van der Waals surface area (Å²) in [5.74, 6) is -1.62. The van der Waals surface area contributed by atoms with Gasteiger partial charge in [-0.15, -0.1) is 0 Å². The zero-order valence-corrected chi connectivity index (χ0v) is 20.4. The van der Waals surface area contributed by atoms with E-state index in [1.165, 1.54) is 31.4 Å². The summed E-state index contributed by atoms with van der Waals surface area (Å²) in [7, 11) is 0. The molecule has 0 radical (unpaired) electrons. The van der Waals surface area contributed by atoms with Gasteiger partial charge in [0, 0.05) is 24.6 Å². The van der Waals surface area contributed by atoms with Gasteiger partial charge >= 0.3 is 5.97 Å². The van der Waals surface area contributed by atoms with Gasteiger partial charge < -0.3 is 15.8 Å². The molecule has 5 N–H and O–H groups in total. The molecule has 11 heteroatoms. The minimum atomic E-state index is -0.899. The van der Waals surface area contributed by atoms with Gasteiger partial charge in [-0.25, -0.2) is 13.8 Å². The van der Waals surface area contributed by atoms with Crippen molar-refractivity contribution in [2.45, 2.75) is 52.0 Å². The molecule has 0 bridgehead atoms. The van der Waals surface area contributed by atoms with Crippen LogP contribution in [0.1, 0.15) is 61.2 Å². The molecule has 1 saturated carbocycles. The van der Waals surface area contributed by atoms with E-state index < -0.39 is 23.0 Å². The van der Waals surface area contributed by atoms with Crippen LogP contribution in [0.2, 0.25) is 0 Å². The number of nitrogens with one attached hydrogen (secondary N) is 1. The average Bonchev–Trinajstić information content (AvgIpc) is 3.13. The molecule has 1 aromatic heterocycles. The number of benzene rings is 1. The van der Waals surface area contributed by atoms with Gasteiger partial charge in [0.25, 0.3) is 0 Å². The van der Waals surface area contributed by atoms with Crippen LogP contribution in [0.4, 0.5) is 19.7 Å². The second kappa shape index (κ2) is 13.5. The molecular formula is C22H30F2N4O3S2. The topological polar surface area (TPSA) is 120 Å². The van der Waals surface area contributed by atoms with Crippen molar-refractivity contribution < 1.29 is 23.1 Å². The lowest BCUT2D eigenvalue weighted by atomic mass is 9.96. The maximum absolute atomic E-state index is 13.8. The average molecular weight is 501 g/mol. The Labute approximate surface area is 200 Å². The lowest BCUT2D eigenvalue weighted by Crippen LogP contribution is -2.22. The van der Waals surface area contributed by atoms with Crippen LogP contribution >= 0.6 is 23.3 Å². The highest BCUT2D eigenvalue weighted by Crippen LogP contribution is 2.31. The van der Waals surface area contributed by atoms with Gasteiger partial charge in [0.05, 0.1) is 12.2 Å². The van der Waals surface area contributed by atoms with E-state index >= 15 is 0 Å². The van der Waals surface area contributed by atoms with Gasteiger partial charge in [0.1, 0.15) is 22.3 Å². The number of nitrogens with zero attached hydrogens (tertiary/aromatic N) is 1. The summed E-state index contributed by atoms with van der Waals surface area (Å²) in [6.07, 6.45) is 5.64. The van der Waals surface area contributed by atoms with Crippen LogP contribution in [0.15, 0.2) is 18.2 Å². The third-order valence-corrected chi connectivity index (χ3v) is 6.70. The third-order valence-electron chi connectivity index (χ3n) is 4.93. The van der Waals surface area contributed by atoms with Crippen molar-refractivity contribution in [3.63, 3.8) is 0 Å². The first-order chi connectivity index (χ1) is 15.7. The maximum Gasteiger partial charge on any atom is 0.302 e. The number of ketones is 1. The van der Waals surface area contributed by atoms with Crippen LogP contribution in [0.3, 0.4) is 0 Å². The Kier molecular flexibility index (Phi) is 11.0. The minimum Gasteiger partial charge on any atom is -0.466 e. The fourth-order valence-corrected chi connectivity index (χ4v) is 4.61. The zero-order chi connectivity index (χ0) is 24.4. The number of aromatic nitrogens is 1. The number of nitrogen functional groups attached to an aromatic ring is 1. The molecule has 0 spiro atoms. The number of hydrogen-bond donors (Lipinski definition) is 3. The van der Waals surface area contributed by atoms with E-state index in [4.69, 9.17) is 15.6 Å². The fourth-order valence-electron chi connectivity index (χ4n) is 3.28. The van der Waals surface area contributed by atoms with Gasteiger partial charge in [-0.2, -0.15) is 0 Å². The van der Waals surface area contributed by atoms with E-state index in [0.717, 1.165) is 54.9 Å². The van der Waals surface area contributed by atoms with E-state index in [0.29, 0.717) is 23.7 Å². The predicted octanol–water partition coefficient (Wildman–Crippen LogP) is 4.77. The lowest BCUT2D eigenvalue weighted by molar-refractivity contribution is -0.141. The number of ether oxygens (including phenoxy) is 1. The molecule has 1 aromatic carbocycles. The van der Waals surface area contributed by atoms with Crippen molar-refractivity contribution >= 4 is 46.0 Å². The van der Waals surface area contributed by atoms with E-state index in [2.05, 4.69) is 10.3 Å². The SMILES string of the molecule is CC(=O)OCC(C)CSN.Nc1nc(NC2CCCCC2)sc1C(=O)c1c(F)cccc1F. The molecule has 1 heterocycles. The Morgan fingerprint density at radius 2 is 1.91 bits per heavy atom. The van der Waals surface area contributed by atoms with E-state index in [-0.39, 0.29) is 16.7 Å². The molecule has 1 unspecified atom stereocenters. The molecule has 1 aliphatic rings. The number of thiazole rings is 1. The van der Waals surface area contributed by atoms with Gasteiger partial charge in [0.2, 0.25) is 5.78 Å². The summed E-state index contributed by atoms with van der Waals surface area (Å²) >= 11 is 2.31. The monoisotopic (exact) mass is 500 g/mol. The largest absolute Gasteiger partial charge is 0.466 e. The van der Waals surface area contributed by atoms with Crippen LogP contribution in [0.5, 0.6) is 0 Å². The van der Waals surface area contributed by atoms with E-state index in [9.17, 15) is 18.4 Å². The minimum absolute atomic E-state index is 0.000891. The summed E-state index contributed by atoms with van der Waals surface area (Å²) in [6.45, 7) is 3.87. The highest BCUT2D eigenvalue weighted by Gasteiger charge is 2.25. The Morgan fingerprint density at radius 3 is 2.48 bits per heavy atom. The summed E-state index contributed by atoms with van der Waals surface area (Å²) in [5.41, 5.74) is 5.19. The number of rotatable bonds is 8. The second-order valence-corrected chi connectivity index (χ2v) is 9.55.